The molecule has 1 spiro atoms. The molecule has 88 valence electrons. The van der Waals surface area contributed by atoms with Crippen LogP contribution < -0.4 is 0 Å². The average molecular weight is 218 g/mol. The highest BCUT2D eigenvalue weighted by Gasteiger charge is 2.61. The number of allylic oxidation sites excluding steroid dienone is 2. The Morgan fingerprint density at radius 2 is 2.12 bits per heavy atom. The number of fused-ring (bicyclic) bond motifs is 1. The molecule has 2 saturated carbocycles. The van der Waals surface area contributed by atoms with Crippen molar-refractivity contribution >= 4 is 5.78 Å². The van der Waals surface area contributed by atoms with Gasteiger partial charge in [-0.1, -0.05) is 31.9 Å². The maximum atomic E-state index is 12.5. The molecule has 0 heterocycles. The molecule has 2 fully saturated rings. The summed E-state index contributed by atoms with van der Waals surface area (Å²) in [6.45, 7) is 6.94. The molecule has 0 aliphatic heterocycles. The standard InChI is InChI=1S/C15H22O/c1-10-6-8-15-9-11(10)13(16)12(15)5-4-7-14(15,2)3/h6,11-12H,4-5,7-9H2,1-3H3/t11-,12+,15+/m1/s1. The molecule has 0 aromatic heterocycles. The van der Waals surface area contributed by atoms with Gasteiger partial charge in [-0.3, -0.25) is 4.79 Å². The van der Waals surface area contributed by atoms with E-state index in [1.807, 2.05) is 0 Å². The van der Waals surface area contributed by atoms with E-state index in [-0.39, 0.29) is 5.92 Å². The van der Waals surface area contributed by atoms with Gasteiger partial charge in [0.1, 0.15) is 5.78 Å². The fourth-order valence-electron chi connectivity index (χ4n) is 4.66. The Morgan fingerprint density at radius 3 is 2.88 bits per heavy atom. The molecule has 0 radical (unpaired) electrons. The smallest absolute Gasteiger partial charge is 0.143 e. The maximum absolute atomic E-state index is 12.5. The van der Waals surface area contributed by atoms with Crippen molar-refractivity contribution in [2.75, 3.05) is 0 Å². The Bertz CT molecular complexity index is 377. The van der Waals surface area contributed by atoms with Crippen molar-refractivity contribution in [1.29, 1.82) is 0 Å². The van der Waals surface area contributed by atoms with E-state index in [2.05, 4.69) is 26.8 Å². The van der Waals surface area contributed by atoms with Crippen LogP contribution in [-0.4, -0.2) is 5.78 Å². The van der Waals surface area contributed by atoms with Crippen molar-refractivity contribution < 1.29 is 4.79 Å². The Hall–Kier alpha value is -0.590. The van der Waals surface area contributed by atoms with Crippen molar-refractivity contribution in [3.63, 3.8) is 0 Å². The first-order chi connectivity index (χ1) is 7.48. The predicted octanol–water partition coefficient (Wildman–Crippen LogP) is 3.74. The molecule has 16 heavy (non-hydrogen) atoms. The summed E-state index contributed by atoms with van der Waals surface area (Å²) < 4.78 is 0. The molecule has 3 atom stereocenters. The van der Waals surface area contributed by atoms with E-state index < -0.39 is 0 Å². The lowest BCUT2D eigenvalue weighted by Crippen LogP contribution is -2.45. The van der Waals surface area contributed by atoms with Gasteiger partial charge in [0, 0.05) is 11.8 Å². The van der Waals surface area contributed by atoms with Crippen LogP contribution in [0.25, 0.3) is 0 Å². The first-order valence-electron chi connectivity index (χ1n) is 6.68. The monoisotopic (exact) mass is 218 g/mol. The fraction of sp³-hybridized carbons (Fsp3) is 0.800. The topological polar surface area (TPSA) is 17.1 Å². The lowest BCUT2D eigenvalue weighted by atomic mass is 9.52. The van der Waals surface area contributed by atoms with Crippen LogP contribution in [0.3, 0.4) is 0 Å². The number of rotatable bonds is 0. The van der Waals surface area contributed by atoms with Gasteiger partial charge in [0.15, 0.2) is 0 Å². The molecule has 1 heteroatoms. The Labute approximate surface area is 98.3 Å². The van der Waals surface area contributed by atoms with Crippen LogP contribution in [0.15, 0.2) is 11.6 Å². The summed E-state index contributed by atoms with van der Waals surface area (Å²) in [5.74, 6) is 1.21. The fourth-order valence-corrected chi connectivity index (χ4v) is 4.66. The number of hydrogen-bond acceptors (Lipinski definition) is 1. The quantitative estimate of drug-likeness (QED) is 0.566. The molecule has 3 aliphatic carbocycles. The lowest BCUT2D eigenvalue weighted by Gasteiger charge is -2.52. The van der Waals surface area contributed by atoms with Crippen LogP contribution in [0.4, 0.5) is 0 Å². The third kappa shape index (κ3) is 1.05. The molecule has 0 aromatic rings. The molecule has 3 aliphatic rings. The van der Waals surface area contributed by atoms with Crippen molar-refractivity contribution in [3.8, 4) is 0 Å². The van der Waals surface area contributed by atoms with Gasteiger partial charge in [0.2, 0.25) is 0 Å². The van der Waals surface area contributed by atoms with Gasteiger partial charge in [0.25, 0.3) is 0 Å². The van der Waals surface area contributed by atoms with Crippen molar-refractivity contribution in [1.82, 2.24) is 0 Å². The zero-order chi connectivity index (χ0) is 11.6. The van der Waals surface area contributed by atoms with E-state index in [9.17, 15) is 4.79 Å². The molecule has 0 N–H and O–H groups in total. The zero-order valence-corrected chi connectivity index (χ0v) is 10.7. The zero-order valence-electron chi connectivity index (χ0n) is 10.7. The summed E-state index contributed by atoms with van der Waals surface area (Å²) in [7, 11) is 0. The van der Waals surface area contributed by atoms with Crippen molar-refractivity contribution in [3.05, 3.63) is 11.6 Å². The van der Waals surface area contributed by atoms with Gasteiger partial charge in [-0.15, -0.1) is 0 Å². The first-order valence-corrected chi connectivity index (χ1v) is 6.68. The van der Waals surface area contributed by atoms with E-state index in [1.54, 1.807) is 0 Å². The minimum Gasteiger partial charge on any atom is -0.299 e. The largest absolute Gasteiger partial charge is 0.299 e. The molecular formula is C15H22O. The van der Waals surface area contributed by atoms with Crippen LogP contribution in [0.1, 0.15) is 52.9 Å². The third-order valence-corrected chi connectivity index (χ3v) is 5.90. The van der Waals surface area contributed by atoms with E-state index in [0.717, 1.165) is 19.3 Å². The molecule has 0 saturated heterocycles. The third-order valence-electron chi connectivity index (χ3n) is 5.90. The number of Topliss-reactive ketones (excluding diaryl/α,β-unsaturated/α-hetero) is 1. The van der Waals surface area contributed by atoms with Crippen molar-refractivity contribution in [2.24, 2.45) is 22.7 Å². The summed E-state index contributed by atoms with van der Waals surface area (Å²) in [6.07, 6.45) is 8.36. The van der Waals surface area contributed by atoms with Crippen LogP contribution in [0, 0.1) is 22.7 Å². The second kappa shape index (κ2) is 3.00. The van der Waals surface area contributed by atoms with Crippen molar-refractivity contribution in [2.45, 2.75) is 52.9 Å². The van der Waals surface area contributed by atoms with E-state index in [0.29, 0.717) is 22.5 Å². The van der Waals surface area contributed by atoms with Gasteiger partial charge >= 0.3 is 0 Å². The average Bonchev–Trinajstić information content (AvgIpc) is 2.47. The normalized spacial score (nSPS) is 45.2. The first kappa shape index (κ1) is 10.6. The Balaban J connectivity index is 2.11. The van der Waals surface area contributed by atoms with Gasteiger partial charge in [-0.25, -0.2) is 0 Å². The Kier molecular flexibility index (Phi) is 1.98. The second-order valence-electron chi connectivity index (χ2n) is 6.80. The molecule has 2 bridgehead atoms. The maximum Gasteiger partial charge on any atom is 0.143 e. The molecule has 3 rings (SSSR count). The van der Waals surface area contributed by atoms with Gasteiger partial charge < -0.3 is 0 Å². The molecule has 0 amide bonds. The number of carbonyl (C=O) groups excluding carboxylic acids is 1. The van der Waals surface area contributed by atoms with E-state index in [4.69, 9.17) is 0 Å². The molecule has 0 unspecified atom stereocenters. The highest BCUT2D eigenvalue weighted by atomic mass is 16.1. The van der Waals surface area contributed by atoms with Gasteiger partial charge in [-0.2, -0.15) is 0 Å². The highest BCUT2D eigenvalue weighted by Crippen LogP contribution is 2.65. The van der Waals surface area contributed by atoms with Crippen LogP contribution >= 0.6 is 0 Å². The summed E-state index contributed by atoms with van der Waals surface area (Å²) in [5, 5.41) is 0. The van der Waals surface area contributed by atoms with E-state index >= 15 is 0 Å². The van der Waals surface area contributed by atoms with Gasteiger partial charge in [0.05, 0.1) is 0 Å². The second-order valence-corrected chi connectivity index (χ2v) is 6.80. The van der Waals surface area contributed by atoms with Gasteiger partial charge in [-0.05, 0) is 43.4 Å². The summed E-state index contributed by atoms with van der Waals surface area (Å²) in [5.41, 5.74) is 2.02. The van der Waals surface area contributed by atoms with Crippen LogP contribution in [-0.2, 0) is 4.79 Å². The SMILES string of the molecule is CC1=CC[C@]23C[C@H]1C(=O)[C@@H]2CCCC3(C)C. The number of ketones is 1. The minimum absolute atomic E-state index is 0.274. The highest BCUT2D eigenvalue weighted by molar-refractivity contribution is 5.90. The lowest BCUT2D eigenvalue weighted by molar-refractivity contribution is -0.128. The summed E-state index contributed by atoms with van der Waals surface area (Å²) >= 11 is 0. The predicted molar refractivity (Wildman–Crippen MR) is 65.0 cm³/mol. The number of carbonyl (C=O) groups is 1. The summed E-state index contributed by atoms with van der Waals surface area (Å²) in [4.78, 5) is 12.5. The molecule has 0 aromatic carbocycles. The van der Waals surface area contributed by atoms with Crippen LogP contribution in [0.2, 0.25) is 0 Å². The summed E-state index contributed by atoms with van der Waals surface area (Å²) in [6, 6.07) is 0. The molecular weight excluding hydrogens is 196 g/mol. The van der Waals surface area contributed by atoms with E-state index in [1.165, 1.54) is 18.4 Å². The number of hydrogen-bond donors (Lipinski definition) is 0. The Morgan fingerprint density at radius 1 is 1.38 bits per heavy atom. The molecule has 1 nitrogen and oxygen atoms in total. The minimum atomic E-state index is 0.274. The van der Waals surface area contributed by atoms with Crippen LogP contribution in [0.5, 0.6) is 0 Å².